The predicted octanol–water partition coefficient (Wildman–Crippen LogP) is 3.86. The summed E-state index contributed by atoms with van der Waals surface area (Å²) in [5.41, 5.74) is 0. The van der Waals surface area contributed by atoms with Gasteiger partial charge >= 0.3 is 5.97 Å². The summed E-state index contributed by atoms with van der Waals surface area (Å²) in [6.07, 6.45) is 3.37. The monoisotopic (exact) mass is 407 g/mol. The van der Waals surface area contributed by atoms with Crippen LogP contribution in [0.3, 0.4) is 0 Å². The number of carboxylic acid groups (broad SMARTS) is 1. The Balaban J connectivity index is 1.67. The summed E-state index contributed by atoms with van der Waals surface area (Å²) in [6, 6.07) is 2.24. The van der Waals surface area contributed by atoms with Crippen LogP contribution in [0.2, 0.25) is 0 Å². The summed E-state index contributed by atoms with van der Waals surface area (Å²) in [7, 11) is 0. The molecule has 19 heavy (non-hydrogen) atoms. The Morgan fingerprint density at radius 1 is 1.42 bits per heavy atom. The van der Waals surface area contributed by atoms with E-state index in [-0.39, 0.29) is 12.0 Å². The van der Waals surface area contributed by atoms with Gasteiger partial charge in [-0.1, -0.05) is 0 Å². The summed E-state index contributed by atoms with van der Waals surface area (Å²) in [5, 5.41) is 12.9. The van der Waals surface area contributed by atoms with E-state index in [1.807, 2.05) is 0 Å². The van der Waals surface area contributed by atoms with E-state index in [1.54, 1.807) is 11.3 Å². The second-order valence-electron chi connectivity index (χ2n) is 5.44. The van der Waals surface area contributed by atoms with Gasteiger partial charge in [-0.2, -0.15) is 0 Å². The fraction of sp³-hybridized carbons (Fsp3) is 0.615. The Kier molecular flexibility index (Phi) is 4.04. The van der Waals surface area contributed by atoms with Crippen LogP contribution in [0.15, 0.2) is 14.3 Å². The Bertz CT molecular complexity index is 485. The molecule has 2 saturated carbocycles. The van der Waals surface area contributed by atoms with Gasteiger partial charge in [-0.05, 0) is 69.0 Å². The molecule has 1 aromatic heterocycles. The molecule has 2 fully saturated rings. The molecule has 4 atom stereocenters. The van der Waals surface area contributed by atoms with Gasteiger partial charge in [0.1, 0.15) is 0 Å². The predicted molar refractivity (Wildman–Crippen MR) is 82.3 cm³/mol. The number of hydrogen-bond donors (Lipinski definition) is 2. The molecular formula is C13H15Br2NO2S. The highest BCUT2D eigenvalue weighted by atomic mass is 79.9. The fourth-order valence-corrected chi connectivity index (χ4v) is 5.77. The zero-order chi connectivity index (χ0) is 13.6. The number of nitrogens with one attached hydrogen (secondary N) is 1. The van der Waals surface area contributed by atoms with Crippen LogP contribution in [0, 0.1) is 17.8 Å². The molecule has 1 heterocycles. The van der Waals surface area contributed by atoms with E-state index >= 15 is 0 Å². The van der Waals surface area contributed by atoms with Crippen molar-refractivity contribution >= 4 is 49.2 Å². The molecule has 3 rings (SSSR count). The molecule has 2 N–H and O–H groups in total. The zero-order valence-electron chi connectivity index (χ0n) is 10.2. The largest absolute Gasteiger partial charge is 0.481 e. The molecule has 2 bridgehead atoms. The topological polar surface area (TPSA) is 49.3 Å². The maximum Gasteiger partial charge on any atom is 0.308 e. The van der Waals surface area contributed by atoms with Crippen LogP contribution in [-0.2, 0) is 11.3 Å². The fourth-order valence-electron chi connectivity index (χ4n) is 3.64. The summed E-state index contributed by atoms with van der Waals surface area (Å²) in [5.74, 6) is 0.128. The number of hydrogen-bond acceptors (Lipinski definition) is 3. The molecule has 3 nitrogen and oxygen atoms in total. The number of carbonyl (C=O) groups is 1. The SMILES string of the molecule is O=C(O)C1C2CCC(C2)C1NCc1cc(Br)c(Br)s1. The van der Waals surface area contributed by atoms with Gasteiger partial charge in [-0.15, -0.1) is 11.3 Å². The highest BCUT2D eigenvalue weighted by molar-refractivity contribution is 9.13. The van der Waals surface area contributed by atoms with Gasteiger partial charge in [-0.25, -0.2) is 0 Å². The van der Waals surface area contributed by atoms with E-state index in [2.05, 4.69) is 43.2 Å². The molecule has 6 heteroatoms. The lowest BCUT2D eigenvalue weighted by Crippen LogP contribution is -2.43. The Morgan fingerprint density at radius 3 is 2.79 bits per heavy atom. The molecule has 2 aliphatic rings. The molecular weight excluding hydrogens is 394 g/mol. The van der Waals surface area contributed by atoms with E-state index < -0.39 is 5.97 Å². The van der Waals surface area contributed by atoms with Gasteiger partial charge in [0, 0.05) is 21.9 Å². The normalized spacial score (nSPS) is 32.9. The van der Waals surface area contributed by atoms with Gasteiger partial charge in [0.05, 0.1) is 9.70 Å². The van der Waals surface area contributed by atoms with Crippen LogP contribution in [0.25, 0.3) is 0 Å². The van der Waals surface area contributed by atoms with Crippen LogP contribution in [0.5, 0.6) is 0 Å². The lowest BCUT2D eigenvalue weighted by Gasteiger charge is -2.28. The number of thiophene rings is 1. The standard InChI is InChI=1S/C13H15Br2NO2S/c14-9-4-8(19-12(9)15)5-16-11-7-2-1-6(3-7)10(11)13(17)18/h4,6-7,10-11,16H,1-3,5H2,(H,17,18). The van der Waals surface area contributed by atoms with Crippen molar-refractivity contribution in [3.05, 3.63) is 19.2 Å². The van der Waals surface area contributed by atoms with Gasteiger partial charge in [-0.3, -0.25) is 4.79 Å². The third-order valence-corrected chi connectivity index (χ3v) is 7.67. The van der Waals surface area contributed by atoms with E-state index in [0.717, 1.165) is 27.6 Å². The second kappa shape index (κ2) is 5.47. The van der Waals surface area contributed by atoms with E-state index in [1.165, 1.54) is 11.3 Å². The van der Waals surface area contributed by atoms with Crippen molar-refractivity contribution in [2.75, 3.05) is 0 Å². The van der Waals surface area contributed by atoms with Crippen molar-refractivity contribution in [3.8, 4) is 0 Å². The average Bonchev–Trinajstić information content (AvgIpc) is 3.02. The molecule has 1 aromatic rings. The zero-order valence-corrected chi connectivity index (χ0v) is 14.2. The first-order valence-corrected chi connectivity index (χ1v) is 8.86. The highest BCUT2D eigenvalue weighted by Gasteiger charge is 2.50. The number of rotatable bonds is 4. The van der Waals surface area contributed by atoms with Crippen molar-refractivity contribution in [1.29, 1.82) is 0 Å². The first-order chi connectivity index (χ1) is 9.06. The first kappa shape index (κ1) is 14.0. The molecule has 0 saturated heterocycles. The van der Waals surface area contributed by atoms with Gasteiger partial charge in [0.25, 0.3) is 0 Å². The summed E-state index contributed by atoms with van der Waals surface area (Å²) in [4.78, 5) is 12.6. The molecule has 4 unspecified atom stereocenters. The van der Waals surface area contributed by atoms with Crippen LogP contribution in [-0.4, -0.2) is 17.1 Å². The Morgan fingerprint density at radius 2 is 2.16 bits per heavy atom. The molecule has 0 amide bonds. The Hall–Kier alpha value is 0.0900. The minimum atomic E-state index is -0.627. The highest BCUT2D eigenvalue weighted by Crippen LogP contribution is 2.48. The first-order valence-electron chi connectivity index (χ1n) is 6.46. The summed E-state index contributed by atoms with van der Waals surface area (Å²) in [6.45, 7) is 0.756. The van der Waals surface area contributed by atoms with Crippen LogP contribution in [0.1, 0.15) is 24.1 Å². The number of halogens is 2. The lowest BCUT2D eigenvalue weighted by atomic mass is 9.84. The maximum atomic E-state index is 11.4. The van der Waals surface area contributed by atoms with Crippen LogP contribution in [0.4, 0.5) is 0 Å². The van der Waals surface area contributed by atoms with E-state index in [4.69, 9.17) is 0 Å². The van der Waals surface area contributed by atoms with Gasteiger partial charge in [0.2, 0.25) is 0 Å². The Labute approximate surface area is 133 Å². The third-order valence-electron chi connectivity index (χ3n) is 4.41. The van der Waals surface area contributed by atoms with Crippen molar-refractivity contribution in [2.45, 2.75) is 31.8 Å². The molecule has 0 aromatic carbocycles. The van der Waals surface area contributed by atoms with E-state index in [9.17, 15) is 9.90 Å². The van der Waals surface area contributed by atoms with Gasteiger partial charge < -0.3 is 10.4 Å². The van der Waals surface area contributed by atoms with Crippen molar-refractivity contribution in [1.82, 2.24) is 5.32 Å². The molecule has 0 spiro atoms. The van der Waals surface area contributed by atoms with Crippen LogP contribution >= 0.6 is 43.2 Å². The van der Waals surface area contributed by atoms with Crippen LogP contribution < -0.4 is 5.32 Å². The molecule has 2 aliphatic carbocycles. The van der Waals surface area contributed by atoms with Gasteiger partial charge in [0.15, 0.2) is 0 Å². The van der Waals surface area contributed by atoms with Crippen molar-refractivity contribution in [2.24, 2.45) is 17.8 Å². The minimum Gasteiger partial charge on any atom is -0.481 e. The summed E-state index contributed by atoms with van der Waals surface area (Å²) >= 11 is 8.65. The summed E-state index contributed by atoms with van der Waals surface area (Å²) < 4.78 is 2.16. The van der Waals surface area contributed by atoms with Crippen molar-refractivity contribution < 1.29 is 9.90 Å². The number of carboxylic acids is 1. The molecule has 0 radical (unpaired) electrons. The third kappa shape index (κ3) is 2.64. The lowest BCUT2D eigenvalue weighted by molar-refractivity contribution is -0.144. The second-order valence-corrected chi connectivity index (χ2v) is 8.75. The van der Waals surface area contributed by atoms with E-state index in [0.29, 0.717) is 11.8 Å². The quantitative estimate of drug-likeness (QED) is 0.795. The maximum absolute atomic E-state index is 11.4. The smallest absolute Gasteiger partial charge is 0.308 e. The number of fused-ring (bicyclic) bond motifs is 2. The molecule has 104 valence electrons. The minimum absolute atomic E-state index is 0.149. The van der Waals surface area contributed by atoms with Crippen molar-refractivity contribution in [3.63, 3.8) is 0 Å². The number of aliphatic carboxylic acids is 1. The average molecular weight is 409 g/mol. The molecule has 0 aliphatic heterocycles.